The summed E-state index contributed by atoms with van der Waals surface area (Å²) in [5, 5.41) is 15.7. The molecule has 0 bridgehead atoms. The fraction of sp³-hybridized carbons (Fsp3) is 0.200. The highest BCUT2D eigenvalue weighted by atomic mass is 16.3. The summed E-state index contributed by atoms with van der Waals surface area (Å²) in [7, 11) is 0. The van der Waals surface area contributed by atoms with E-state index in [1.165, 1.54) is 6.21 Å². The molecule has 0 aromatic heterocycles. The molecule has 0 aliphatic heterocycles. The number of nitrogens with zero attached hydrogens (tertiary/aromatic N) is 1. The zero-order valence-corrected chi connectivity index (χ0v) is 10.9. The third-order valence-corrected chi connectivity index (χ3v) is 2.84. The van der Waals surface area contributed by atoms with Gasteiger partial charge in [-0.1, -0.05) is 44.2 Å². The van der Waals surface area contributed by atoms with Gasteiger partial charge in [0.1, 0.15) is 5.75 Å². The third kappa shape index (κ3) is 2.91. The van der Waals surface area contributed by atoms with Gasteiger partial charge in [0.2, 0.25) is 5.91 Å². The van der Waals surface area contributed by atoms with Gasteiger partial charge in [0.25, 0.3) is 0 Å². The van der Waals surface area contributed by atoms with Gasteiger partial charge in [0, 0.05) is 11.5 Å². The van der Waals surface area contributed by atoms with Crippen LogP contribution < -0.4 is 5.43 Å². The molecule has 0 aliphatic carbocycles. The molecule has 2 N–H and O–H groups in total. The first-order chi connectivity index (χ1) is 9.09. The number of aromatic hydroxyl groups is 1. The molecule has 4 heteroatoms. The van der Waals surface area contributed by atoms with Gasteiger partial charge in [-0.05, 0) is 16.8 Å². The lowest BCUT2D eigenvalue weighted by molar-refractivity contribution is -0.123. The summed E-state index contributed by atoms with van der Waals surface area (Å²) >= 11 is 0. The molecule has 0 radical (unpaired) electrons. The van der Waals surface area contributed by atoms with Crippen molar-refractivity contribution in [3.63, 3.8) is 0 Å². The van der Waals surface area contributed by atoms with Crippen molar-refractivity contribution >= 4 is 22.9 Å². The van der Waals surface area contributed by atoms with Gasteiger partial charge in [0.05, 0.1) is 6.21 Å². The minimum absolute atomic E-state index is 0.127. The molecular weight excluding hydrogens is 240 g/mol. The summed E-state index contributed by atoms with van der Waals surface area (Å²) in [6, 6.07) is 11.1. The van der Waals surface area contributed by atoms with Crippen molar-refractivity contribution in [2.75, 3.05) is 0 Å². The highest BCUT2D eigenvalue weighted by Gasteiger charge is 2.06. The molecule has 1 amide bonds. The lowest BCUT2D eigenvalue weighted by Gasteiger charge is -2.05. The second-order valence-electron chi connectivity index (χ2n) is 4.61. The first-order valence-corrected chi connectivity index (χ1v) is 6.13. The molecular formula is C15H16N2O2. The molecule has 0 unspecified atom stereocenters. The van der Waals surface area contributed by atoms with E-state index in [-0.39, 0.29) is 17.6 Å². The van der Waals surface area contributed by atoms with Crippen LogP contribution in [0.2, 0.25) is 0 Å². The van der Waals surface area contributed by atoms with Crippen LogP contribution in [-0.4, -0.2) is 17.2 Å². The molecule has 0 heterocycles. The minimum Gasteiger partial charge on any atom is -0.507 e. The normalized spacial score (nSPS) is 11.3. The second kappa shape index (κ2) is 5.52. The molecule has 0 saturated heterocycles. The monoisotopic (exact) mass is 256 g/mol. The standard InChI is InChI=1S/C15H16N2O2/c1-10(2)15(19)17-16-9-13-12-6-4-3-5-11(12)7-8-14(13)18/h3-10,18H,1-2H3,(H,17,19)/b16-9+. The molecule has 0 fully saturated rings. The third-order valence-electron chi connectivity index (χ3n) is 2.84. The zero-order chi connectivity index (χ0) is 13.8. The highest BCUT2D eigenvalue weighted by Crippen LogP contribution is 2.25. The van der Waals surface area contributed by atoms with Crippen LogP contribution in [0.5, 0.6) is 5.75 Å². The predicted octanol–water partition coefficient (Wildman–Crippen LogP) is 2.65. The van der Waals surface area contributed by atoms with Gasteiger partial charge in [-0.3, -0.25) is 4.79 Å². The lowest BCUT2D eigenvalue weighted by atomic mass is 10.0. The van der Waals surface area contributed by atoms with E-state index in [0.717, 1.165) is 10.8 Å². The molecule has 4 nitrogen and oxygen atoms in total. The molecule has 0 aliphatic rings. The number of hydrogen-bond donors (Lipinski definition) is 2. The summed E-state index contributed by atoms with van der Waals surface area (Å²) in [5.41, 5.74) is 3.04. The molecule has 0 saturated carbocycles. The van der Waals surface area contributed by atoms with Gasteiger partial charge in [0.15, 0.2) is 0 Å². The maximum atomic E-state index is 11.4. The number of carbonyl (C=O) groups is 1. The van der Waals surface area contributed by atoms with Crippen molar-refractivity contribution in [3.05, 3.63) is 42.0 Å². The Morgan fingerprint density at radius 1 is 1.26 bits per heavy atom. The Kier molecular flexibility index (Phi) is 3.80. The number of hydrazone groups is 1. The summed E-state index contributed by atoms with van der Waals surface area (Å²) in [6.45, 7) is 3.58. The van der Waals surface area contributed by atoms with E-state index in [4.69, 9.17) is 0 Å². The van der Waals surface area contributed by atoms with Crippen LogP contribution in [0.15, 0.2) is 41.5 Å². The SMILES string of the molecule is CC(C)C(=O)N/N=C/c1c(O)ccc2ccccc12. The lowest BCUT2D eigenvalue weighted by Crippen LogP contribution is -2.22. The molecule has 2 aromatic rings. The molecule has 2 rings (SSSR count). The average molecular weight is 256 g/mol. The van der Waals surface area contributed by atoms with Crippen LogP contribution in [0.25, 0.3) is 10.8 Å². The van der Waals surface area contributed by atoms with Gasteiger partial charge >= 0.3 is 0 Å². The Labute approximate surface area is 111 Å². The smallest absolute Gasteiger partial charge is 0.242 e. The molecule has 2 aromatic carbocycles. The number of fused-ring (bicyclic) bond motifs is 1. The number of hydrogen-bond acceptors (Lipinski definition) is 3. The van der Waals surface area contributed by atoms with Crippen molar-refractivity contribution in [3.8, 4) is 5.75 Å². The summed E-state index contributed by atoms with van der Waals surface area (Å²) in [4.78, 5) is 11.4. The number of phenols is 1. The van der Waals surface area contributed by atoms with Crippen LogP contribution in [0.1, 0.15) is 19.4 Å². The zero-order valence-electron chi connectivity index (χ0n) is 10.9. The highest BCUT2D eigenvalue weighted by molar-refractivity contribution is 6.02. The maximum absolute atomic E-state index is 11.4. The van der Waals surface area contributed by atoms with Gasteiger partial charge < -0.3 is 5.11 Å². The molecule has 0 atom stereocenters. The van der Waals surface area contributed by atoms with E-state index >= 15 is 0 Å². The van der Waals surface area contributed by atoms with Gasteiger partial charge in [-0.15, -0.1) is 0 Å². The van der Waals surface area contributed by atoms with E-state index in [1.54, 1.807) is 19.9 Å². The molecule has 98 valence electrons. The number of phenolic OH excluding ortho intramolecular Hbond substituents is 1. The average Bonchev–Trinajstić information content (AvgIpc) is 2.41. The first-order valence-electron chi connectivity index (χ1n) is 6.13. The van der Waals surface area contributed by atoms with Crippen molar-refractivity contribution in [2.45, 2.75) is 13.8 Å². The van der Waals surface area contributed by atoms with E-state index in [2.05, 4.69) is 10.5 Å². The Balaban J connectivity index is 2.32. The quantitative estimate of drug-likeness (QED) is 0.655. The Hall–Kier alpha value is -2.36. The maximum Gasteiger partial charge on any atom is 0.242 e. The van der Waals surface area contributed by atoms with E-state index in [0.29, 0.717) is 5.56 Å². The van der Waals surface area contributed by atoms with Crippen LogP contribution in [0, 0.1) is 5.92 Å². The predicted molar refractivity (Wildman–Crippen MR) is 76.2 cm³/mol. The first kappa shape index (κ1) is 13.1. The number of carbonyl (C=O) groups excluding carboxylic acids is 1. The van der Waals surface area contributed by atoms with Crippen LogP contribution in [0.3, 0.4) is 0 Å². The Morgan fingerprint density at radius 2 is 2.00 bits per heavy atom. The summed E-state index contributed by atoms with van der Waals surface area (Å²) < 4.78 is 0. The van der Waals surface area contributed by atoms with E-state index in [1.807, 2.05) is 30.3 Å². The number of benzene rings is 2. The number of amides is 1. The fourth-order valence-electron chi connectivity index (χ4n) is 1.71. The fourth-order valence-corrected chi connectivity index (χ4v) is 1.71. The Morgan fingerprint density at radius 3 is 2.74 bits per heavy atom. The van der Waals surface area contributed by atoms with Crippen molar-refractivity contribution in [1.82, 2.24) is 5.43 Å². The largest absolute Gasteiger partial charge is 0.507 e. The summed E-state index contributed by atoms with van der Waals surface area (Å²) in [5.74, 6) is -0.143. The van der Waals surface area contributed by atoms with E-state index in [9.17, 15) is 9.90 Å². The van der Waals surface area contributed by atoms with E-state index < -0.39 is 0 Å². The number of rotatable bonds is 3. The van der Waals surface area contributed by atoms with Crippen LogP contribution in [0.4, 0.5) is 0 Å². The number of nitrogens with one attached hydrogen (secondary N) is 1. The second-order valence-corrected chi connectivity index (χ2v) is 4.61. The van der Waals surface area contributed by atoms with Crippen molar-refractivity contribution in [2.24, 2.45) is 11.0 Å². The minimum atomic E-state index is -0.157. The molecule has 19 heavy (non-hydrogen) atoms. The van der Waals surface area contributed by atoms with Gasteiger partial charge in [-0.2, -0.15) is 5.10 Å². The van der Waals surface area contributed by atoms with Gasteiger partial charge in [-0.25, -0.2) is 5.43 Å². The molecule has 0 spiro atoms. The summed E-state index contributed by atoms with van der Waals surface area (Å²) in [6.07, 6.45) is 1.47. The van der Waals surface area contributed by atoms with Crippen molar-refractivity contribution < 1.29 is 9.90 Å². The Bertz CT molecular complexity index is 633. The van der Waals surface area contributed by atoms with Crippen molar-refractivity contribution in [1.29, 1.82) is 0 Å². The van der Waals surface area contributed by atoms with Crippen LogP contribution in [-0.2, 0) is 4.79 Å². The topological polar surface area (TPSA) is 61.7 Å². The van der Waals surface area contributed by atoms with Crippen LogP contribution >= 0.6 is 0 Å².